The molecular formula is C20H25ClN2O2. The van der Waals surface area contributed by atoms with E-state index in [9.17, 15) is 4.79 Å². The summed E-state index contributed by atoms with van der Waals surface area (Å²) in [4.78, 5) is 12.2. The van der Waals surface area contributed by atoms with Crippen molar-refractivity contribution in [2.75, 3.05) is 7.11 Å². The molecule has 1 amide bonds. The fourth-order valence-electron chi connectivity index (χ4n) is 3.07. The van der Waals surface area contributed by atoms with Crippen LogP contribution in [0.3, 0.4) is 0 Å². The second-order valence-corrected chi connectivity index (χ2v) is 6.37. The zero-order valence-corrected chi connectivity index (χ0v) is 15.5. The number of nitrogens with one attached hydrogen (secondary N) is 2. The first-order valence-corrected chi connectivity index (χ1v) is 8.38. The number of carbonyl (C=O) groups is 1. The molecule has 0 saturated carbocycles. The lowest BCUT2D eigenvalue weighted by atomic mass is 9.97. The monoisotopic (exact) mass is 360 g/mol. The summed E-state index contributed by atoms with van der Waals surface area (Å²) in [6, 6.07) is 14.3. The Bertz CT molecular complexity index is 733. The third-order valence-electron chi connectivity index (χ3n) is 4.55. The van der Waals surface area contributed by atoms with Gasteiger partial charge in [-0.05, 0) is 40.3 Å². The van der Waals surface area contributed by atoms with Crippen LogP contribution in [0.1, 0.15) is 41.5 Å². The Morgan fingerprint density at radius 2 is 2.00 bits per heavy atom. The minimum atomic E-state index is 0. The molecule has 0 aromatic heterocycles. The smallest absolute Gasteiger partial charge is 0.220 e. The summed E-state index contributed by atoms with van der Waals surface area (Å²) in [5.41, 5.74) is 4.97. The predicted octanol–water partition coefficient (Wildman–Crippen LogP) is 3.53. The Morgan fingerprint density at radius 1 is 1.20 bits per heavy atom. The Kier molecular flexibility index (Phi) is 6.85. The minimum absolute atomic E-state index is 0. The highest BCUT2D eigenvalue weighted by molar-refractivity contribution is 5.85. The molecule has 1 heterocycles. The maximum Gasteiger partial charge on any atom is 0.220 e. The zero-order valence-electron chi connectivity index (χ0n) is 14.7. The molecule has 0 spiro atoms. The number of rotatable bonds is 6. The molecule has 2 aromatic rings. The van der Waals surface area contributed by atoms with Gasteiger partial charge in [0, 0.05) is 26.1 Å². The van der Waals surface area contributed by atoms with Gasteiger partial charge in [-0.1, -0.05) is 37.3 Å². The average molecular weight is 361 g/mol. The number of methoxy groups -OCH3 is 1. The van der Waals surface area contributed by atoms with Gasteiger partial charge in [0.25, 0.3) is 0 Å². The van der Waals surface area contributed by atoms with Crippen molar-refractivity contribution in [2.45, 2.75) is 38.9 Å². The van der Waals surface area contributed by atoms with Crippen molar-refractivity contribution < 1.29 is 9.53 Å². The van der Waals surface area contributed by atoms with Crippen LogP contribution in [0.4, 0.5) is 0 Å². The molecule has 1 unspecified atom stereocenters. The van der Waals surface area contributed by atoms with E-state index in [1.807, 2.05) is 24.3 Å². The lowest BCUT2D eigenvalue weighted by Gasteiger charge is -2.13. The van der Waals surface area contributed by atoms with Crippen LogP contribution in [0.15, 0.2) is 42.5 Å². The molecule has 3 rings (SSSR count). The molecule has 4 nitrogen and oxygen atoms in total. The molecule has 0 saturated heterocycles. The Morgan fingerprint density at radius 3 is 2.80 bits per heavy atom. The Balaban J connectivity index is 0.00000225. The molecule has 5 heteroatoms. The number of benzene rings is 2. The molecule has 25 heavy (non-hydrogen) atoms. The maximum atomic E-state index is 12.2. The van der Waals surface area contributed by atoms with Crippen molar-refractivity contribution in [1.82, 2.24) is 10.6 Å². The molecule has 2 N–H and O–H groups in total. The van der Waals surface area contributed by atoms with Crippen molar-refractivity contribution in [3.05, 3.63) is 64.7 Å². The van der Waals surface area contributed by atoms with Crippen molar-refractivity contribution in [1.29, 1.82) is 0 Å². The van der Waals surface area contributed by atoms with Gasteiger partial charge in [0.1, 0.15) is 5.75 Å². The number of hydrogen-bond acceptors (Lipinski definition) is 3. The maximum absolute atomic E-state index is 12.2. The molecule has 134 valence electrons. The molecule has 1 atom stereocenters. The van der Waals surface area contributed by atoms with E-state index in [1.165, 1.54) is 11.1 Å². The van der Waals surface area contributed by atoms with E-state index in [2.05, 4.69) is 35.8 Å². The Hall–Kier alpha value is -2.04. The molecule has 0 bridgehead atoms. The minimum Gasteiger partial charge on any atom is -0.497 e. The van der Waals surface area contributed by atoms with Crippen LogP contribution in [0.25, 0.3) is 0 Å². The highest BCUT2D eigenvalue weighted by atomic mass is 35.5. The van der Waals surface area contributed by atoms with Gasteiger partial charge in [0.2, 0.25) is 5.91 Å². The van der Waals surface area contributed by atoms with Crippen molar-refractivity contribution in [2.24, 2.45) is 0 Å². The third-order valence-corrected chi connectivity index (χ3v) is 4.55. The summed E-state index contributed by atoms with van der Waals surface area (Å²) >= 11 is 0. The molecule has 0 aliphatic carbocycles. The van der Waals surface area contributed by atoms with Crippen LogP contribution in [0.2, 0.25) is 0 Å². The first-order chi connectivity index (χ1) is 11.7. The van der Waals surface area contributed by atoms with Gasteiger partial charge in [-0.15, -0.1) is 12.4 Å². The van der Waals surface area contributed by atoms with E-state index in [-0.39, 0.29) is 24.2 Å². The van der Waals surface area contributed by atoms with Gasteiger partial charge < -0.3 is 15.4 Å². The number of carbonyl (C=O) groups excluding carboxylic acids is 1. The largest absolute Gasteiger partial charge is 0.497 e. The molecular weight excluding hydrogens is 336 g/mol. The lowest BCUT2D eigenvalue weighted by Crippen LogP contribution is -2.24. The first-order valence-electron chi connectivity index (χ1n) is 8.38. The van der Waals surface area contributed by atoms with Crippen LogP contribution < -0.4 is 15.4 Å². The second-order valence-electron chi connectivity index (χ2n) is 6.37. The van der Waals surface area contributed by atoms with E-state index < -0.39 is 0 Å². The molecule has 2 aromatic carbocycles. The highest BCUT2D eigenvalue weighted by Gasteiger charge is 2.13. The summed E-state index contributed by atoms with van der Waals surface area (Å²) in [6.07, 6.45) is 0.472. The quantitative estimate of drug-likeness (QED) is 0.828. The van der Waals surface area contributed by atoms with Gasteiger partial charge in [-0.2, -0.15) is 0 Å². The van der Waals surface area contributed by atoms with Gasteiger partial charge in [0.15, 0.2) is 0 Å². The third kappa shape index (κ3) is 4.97. The zero-order chi connectivity index (χ0) is 16.9. The molecule has 1 aliphatic rings. The predicted molar refractivity (Wildman–Crippen MR) is 102 cm³/mol. The standard InChI is InChI=1S/C20H24N2O2.ClH/c1-14(16-4-3-5-19(10-16)24-2)8-20(23)22-11-15-6-7-17-12-21-13-18(17)9-15;/h3-7,9-10,14,21H,8,11-13H2,1-2H3,(H,22,23);1H. The summed E-state index contributed by atoms with van der Waals surface area (Å²) in [5.74, 6) is 1.06. The number of fused-ring (bicyclic) bond motifs is 1. The van der Waals surface area contributed by atoms with E-state index >= 15 is 0 Å². The normalized spacial score (nSPS) is 13.5. The van der Waals surface area contributed by atoms with E-state index in [4.69, 9.17) is 4.74 Å². The van der Waals surface area contributed by atoms with E-state index in [0.717, 1.165) is 30.0 Å². The van der Waals surface area contributed by atoms with Gasteiger partial charge in [-0.25, -0.2) is 0 Å². The van der Waals surface area contributed by atoms with Crippen molar-refractivity contribution >= 4 is 18.3 Å². The SMILES string of the molecule is COc1cccc(C(C)CC(=O)NCc2ccc3c(c2)CNC3)c1.Cl. The van der Waals surface area contributed by atoms with E-state index in [0.29, 0.717) is 13.0 Å². The van der Waals surface area contributed by atoms with Crippen molar-refractivity contribution in [3.8, 4) is 5.75 Å². The number of amides is 1. The summed E-state index contributed by atoms with van der Waals surface area (Å²) in [6.45, 7) is 4.51. The van der Waals surface area contributed by atoms with Gasteiger partial charge >= 0.3 is 0 Å². The second kappa shape index (κ2) is 8.88. The fraction of sp³-hybridized carbons (Fsp3) is 0.350. The number of halogens is 1. The topological polar surface area (TPSA) is 50.4 Å². The Labute approximate surface area is 155 Å². The molecule has 0 fully saturated rings. The summed E-state index contributed by atoms with van der Waals surface area (Å²) in [7, 11) is 1.66. The van der Waals surface area contributed by atoms with Crippen molar-refractivity contribution in [3.63, 3.8) is 0 Å². The summed E-state index contributed by atoms with van der Waals surface area (Å²) in [5, 5.41) is 6.36. The van der Waals surface area contributed by atoms with Gasteiger partial charge in [-0.3, -0.25) is 4.79 Å². The highest BCUT2D eigenvalue weighted by Crippen LogP contribution is 2.23. The van der Waals surface area contributed by atoms with E-state index in [1.54, 1.807) is 7.11 Å². The van der Waals surface area contributed by atoms with Crippen LogP contribution in [-0.4, -0.2) is 13.0 Å². The lowest BCUT2D eigenvalue weighted by molar-refractivity contribution is -0.121. The number of hydrogen-bond donors (Lipinski definition) is 2. The van der Waals surface area contributed by atoms with Crippen LogP contribution in [0.5, 0.6) is 5.75 Å². The fourth-order valence-corrected chi connectivity index (χ4v) is 3.07. The van der Waals surface area contributed by atoms with Crippen LogP contribution in [0, 0.1) is 0 Å². The van der Waals surface area contributed by atoms with Crippen LogP contribution >= 0.6 is 12.4 Å². The molecule has 1 aliphatic heterocycles. The molecule has 0 radical (unpaired) electrons. The average Bonchev–Trinajstić information content (AvgIpc) is 3.07. The van der Waals surface area contributed by atoms with Crippen LogP contribution in [-0.2, 0) is 24.4 Å². The van der Waals surface area contributed by atoms with Gasteiger partial charge in [0.05, 0.1) is 7.11 Å². The number of ether oxygens (including phenoxy) is 1. The first kappa shape index (κ1) is 19.3. The summed E-state index contributed by atoms with van der Waals surface area (Å²) < 4.78 is 5.25.